The Bertz CT molecular complexity index is 1230. The lowest BCUT2D eigenvalue weighted by Gasteiger charge is -2.08. The van der Waals surface area contributed by atoms with Crippen LogP contribution in [0.2, 0.25) is 5.02 Å². The highest BCUT2D eigenvalue weighted by atomic mass is 35.5. The zero-order valence-electron chi connectivity index (χ0n) is 14.3. The van der Waals surface area contributed by atoms with Crippen LogP contribution in [0.15, 0.2) is 64.9 Å². The van der Waals surface area contributed by atoms with Gasteiger partial charge in [-0.1, -0.05) is 48.0 Å². The van der Waals surface area contributed by atoms with Gasteiger partial charge in [-0.3, -0.25) is 14.0 Å². The number of nitrogens with zero attached hydrogens (tertiary/aromatic N) is 2. The van der Waals surface area contributed by atoms with Crippen LogP contribution < -0.4 is 10.9 Å². The molecule has 0 saturated heterocycles. The van der Waals surface area contributed by atoms with Crippen molar-refractivity contribution in [3.8, 4) is 11.3 Å². The number of amides is 1. The van der Waals surface area contributed by atoms with E-state index in [-0.39, 0.29) is 5.56 Å². The van der Waals surface area contributed by atoms with E-state index in [0.717, 1.165) is 5.56 Å². The summed E-state index contributed by atoms with van der Waals surface area (Å²) >= 11 is 7.61. The van der Waals surface area contributed by atoms with Crippen LogP contribution in [0.25, 0.3) is 16.2 Å². The molecular formula is C20H14ClN3O2S. The first kappa shape index (κ1) is 17.5. The number of benzene rings is 2. The lowest BCUT2D eigenvalue weighted by Crippen LogP contribution is -2.26. The number of para-hydroxylation sites is 1. The maximum absolute atomic E-state index is 13.0. The Hall–Kier alpha value is -2.96. The number of anilines is 1. The van der Waals surface area contributed by atoms with Crippen molar-refractivity contribution in [1.29, 1.82) is 0 Å². The van der Waals surface area contributed by atoms with Crippen LogP contribution in [0.5, 0.6) is 0 Å². The minimum Gasteiger partial charge on any atom is -0.322 e. The van der Waals surface area contributed by atoms with Crippen LogP contribution >= 0.6 is 22.9 Å². The highest BCUT2D eigenvalue weighted by Crippen LogP contribution is 2.30. The number of carbonyl (C=O) groups is 1. The van der Waals surface area contributed by atoms with Crippen molar-refractivity contribution >= 4 is 39.5 Å². The molecule has 27 heavy (non-hydrogen) atoms. The van der Waals surface area contributed by atoms with Crippen molar-refractivity contribution in [2.24, 2.45) is 0 Å². The van der Waals surface area contributed by atoms with Crippen LogP contribution in [-0.2, 0) is 0 Å². The van der Waals surface area contributed by atoms with E-state index in [2.05, 4.69) is 10.3 Å². The predicted molar refractivity (Wildman–Crippen MR) is 109 cm³/mol. The molecule has 0 aliphatic heterocycles. The Morgan fingerprint density at radius 1 is 1.15 bits per heavy atom. The average molecular weight is 396 g/mol. The molecule has 0 bridgehead atoms. The van der Waals surface area contributed by atoms with E-state index >= 15 is 0 Å². The first-order chi connectivity index (χ1) is 13.1. The number of aromatic nitrogens is 2. The van der Waals surface area contributed by atoms with Gasteiger partial charge in [-0.15, -0.1) is 11.3 Å². The largest absolute Gasteiger partial charge is 0.322 e. The maximum atomic E-state index is 13.0. The summed E-state index contributed by atoms with van der Waals surface area (Å²) in [6.07, 6.45) is 1.32. The van der Waals surface area contributed by atoms with E-state index in [1.807, 2.05) is 48.7 Å². The molecule has 2 aromatic heterocycles. The SMILES string of the molecule is Cc1ccccc1NC(=O)c1cnc2scc(-c3ccccc3Cl)n2c1=O. The van der Waals surface area contributed by atoms with Crippen molar-refractivity contribution in [2.75, 3.05) is 5.32 Å². The quantitative estimate of drug-likeness (QED) is 0.549. The molecule has 2 heterocycles. The number of halogens is 1. The van der Waals surface area contributed by atoms with Crippen LogP contribution in [0, 0.1) is 6.92 Å². The zero-order chi connectivity index (χ0) is 19.0. The van der Waals surface area contributed by atoms with Gasteiger partial charge in [0.05, 0.1) is 5.69 Å². The standard InChI is InChI=1S/C20H14ClN3O2S/c1-12-6-2-5-9-16(12)23-18(25)14-10-22-20-24(19(14)26)17(11-27-20)13-7-3-4-8-15(13)21/h2-11H,1H3,(H,23,25). The summed E-state index contributed by atoms with van der Waals surface area (Å²) < 4.78 is 1.43. The molecule has 2 aromatic carbocycles. The van der Waals surface area contributed by atoms with Gasteiger partial charge in [0.1, 0.15) is 5.56 Å². The number of carbonyl (C=O) groups excluding carboxylic acids is 1. The van der Waals surface area contributed by atoms with Crippen LogP contribution in [0.1, 0.15) is 15.9 Å². The van der Waals surface area contributed by atoms with Gasteiger partial charge in [0, 0.05) is 27.9 Å². The molecule has 0 saturated carbocycles. The minimum atomic E-state index is -0.493. The van der Waals surface area contributed by atoms with E-state index in [1.165, 1.54) is 21.9 Å². The smallest absolute Gasteiger partial charge is 0.271 e. The molecule has 0 atom stereocenters. The number of nitrogens with one attached hydrogen (secondary N) is 1. The highest BCUT2D eigenvalue weighted by molar-refractivity contribution is 7.15. The van der Waals surface area contributed by atoms with Crippen LogP contribution in [-0.4, -0.2) is 15.3 Å². The van der Waals surface area contributed by atoms with Gasteiger partial charge in [0.25, 0.3) is 11.5 Å². The zero-order valence-corrected chi connectivity index (χ0v) is 15.8. The molecule has 0 aliphatic rings. The second-order valence-corrected chi connectivity index (χ2v) is 7.21. The Labute approximate surface area is 163 Å². The lowest BCUT2D eigenvalue weighted by molar-refractivity contribution is 0.102. The number of thiazole rings is 1. The van der Waals surface area contributed by atoms with Crippen LogP contribution in [0.3, 0.4) is 0 Å². The van der Waals surface area contributed by atoms with E-state index in [9.17, 15) is 9.59 Å². The molecule has 1 amide bonds. The van der Waals surface area contributed by atoms with Gasteiger partial charge in [-0.2, -0.15) is 0 Å². The van der Waals surface area contributed by atoms with Crippen LogP contribution in [0.4, 0.5) is 5.69 Å². The van der Waals surface area contributed by atoms with Gasteiger partial charge >= 0.3 is 0 Å². The molecule has 1 N–H and O–H groups in total. The molecule has 0 aliphatic carbocycles. The van der Waals surface area contributed by atoms with E-state index in [1.54, 1.807) is 12.1 Å². The van der Waals surface area contributed by atoms with E-state index in [0.29, 0.717) is 26.9 Å². The van der Waals surface area contributed by atoms with Gasteiger partial charge in [0.15, 0.2) is 4.96 Å². The number of hydrogen-bond donors (Lipinski definition) is 1. The summed E-state index contributed by atoms with van der Waals surface area (Å²) in [5, 5.41) is 5.12. The van der Waals surface area contributed by atoms with Crippen molar-refractivity contribution < 1.29 is 4.79 Å². The summed E-state index contributed by atoms with van der Waals surface area (Å²) in [5.74, 6) is -0.493. The average Bonchev–Trinajstić information content (AvgIpc) is 3.09. The first-order valence-electron chi connectivity index (χ1n) is 8.17. The maximum Gasteiger partial charge on any atom is 0.271 e. The van der Waals surface area contributed by atoms with Crippen molar-refractivity contribution in [3.05, 3.63) is 86.6 Å². The predicted octanol–water partition coefficient (Wildman–Crippen LogP) is 4.64. The summed E-state index contributed by atoms with van der Waals surface area (Å²) in [4.78, 5) is 30.5. The third-order valence-corrected chi connectivity index (χ3v) is 5.40. The Morgan fingerprint density at radius 2 is 1.89 bits per heavy atom. The Balaban J connectivity index is 1.82. The Morgan fingerprint density at radius 3 is 2.67 bits per heavy atom. The second kappa shape index (κ2) is 6.98. The normalized spacial score (nSPS) is 10.9. The van der Waals surface area contributed by atoms with Gasteiger partial charge in [-0.25, -0.2) is 4.98 Å². The molecule has 7 heteroatoms. The number of rotatable bonds is 3. The number of fused-ring (bicyclic) bond motifs is 1. The molecular weight excluding hydrogens is 382 g/mol. The summed E-state index contributed by atoms with van der Waals surface area (Å²) in [6.45, 7) is 1.89. The third kappa shape index (κ3) is 3.13. The second-order valence-electron chi connectivity index (χ2n) is 5.96. The van der Waals surface area contributed by atoms with E-state index < -0.39 is 11.5 Å². The fourth-order valence-electron chi connectivity index (χ4n) is 2.81. The van der Waals surface area contributed by atoms with Gasteiger partial charge in [0.2, 0.25) is 0 Å². The van der Waals surface area contributed by atoms with E-state index in [4.69, 9.17) is 11.6 Å². The van der Waals surface area contributed by atoms with Crippen molar-refractivity contribution in [2.45, 2.75) is 6.92 Å². The van der Waals surface area contributed by atoms with Gasteiger partial charge in [-0.05, 0) is 24.6 Å². The Kier molecular flexibility index (Phi) is 4.51. The van der Waals surface area contributed by atoms with Crippen molar-refractivity contribution in [3.63, 3.8) is 0 Å². The monoisotopic (exact) mass is 395 g/mol. The van der Waals surface area contributed by atoms with Crippen molar-refractivity contribution in [1.82, 2.24) is 9.38 Å². The first-order valence-corrected chi connectivity index (χ1v) is 9.43. The highest BCUT2D eigenvalue weighted by Gasteiger charge is 2.18. The summed E-state index contributed by atoms with van der Waals surface area (Å²) in [7, 11) is 0. The molecule has 0 fully saturated rings. The molecule has 4 aromatic rings. The number of hydrogen-bond acceptors (Lipinski definition) is 4. The molecule has 0 spiro atoms. The number of aryl methyl sites for hydroxylation is 1. The lowest BCUT2D eigenvalue weighted by atomic mass is 10.1. The molecule has 4 rings (SSSR count). The fourth-order valence-corrected chi connectivity index (χ4v) is 3.89. The topological polar surface area (TPSA) is 63.5 Å². The molecule has 5 nitrogen and oxygen atoms in total. The summed E-state index contributed by atoms with van der Waals surface area (Å²) in [5.41, 5.74) is 2.44. The third-order valence-electron chi connectivity index (χ3n) is 4.23. The fraction of sp³-hybridized carbons (Fsp3) is 0.0500. The molecule has 0 unspecified atom stereocenters. The molecule has 134 valence electrons. The summed E-state index contributed by atoms with van der Waals surface area (Å²) in [6, 6.07) is 14.6. The van der Waals surface area contributed by atoms with Gasteiger partial charge < -0.3 is 5.32 Å². The molecule has 0 radical (unpaired) electrons. The minimum absolute atomic E-state index is 0.0255.